The molecule has 0 aliphatic carbocycles. The number of aromatic carboxylic acids is 2. The van der Waals surface area contributed by atoms with Crippen molar-refractivity contribution >= 4 is 75.7 Å². The van der Waals surface area contributed by atoms with Gasteiger partial charge in [-0.05, 0) is 63.7 Å². The van der Waals surface area contributed by atoms with Crippen molar-refractivity contribution in [1.82, 2.24) is 0 Å². The maximum absolute atomic E-state index is 10.9. The number of carbonyl (C=O) groups is 2. The molecular formula is C8Br4O4Zn. The van der Waals surface area contributed by atoms with Crippen LogP contribution in [0.3, 0.4) is 0 Å². The van der Waals surface area contributed by atoms with Crippen molar-refractivity contribution < 1.29 is 39.3 Å². The van der Waals surface area contributed by atoms with E-state index >= 15 is 0 Å². The minimum absolute atomic E-state index is 0. The second-order valence-electron chi connectivity index (χ2n) is 2.58. The fraction of sp³-hybridized carbons (Fsp3) is 0. The van der Waals surface area contributed by atoms with Crippen LogP contribution in [0.4, 0.5) is 0 Å². The first-order valence-electron chi connectivity index (χ1n) is 3.57. The predicted octanol–water partition coefficient (Wildman–Crippen LogP) is 1.46. The summed E-state index contributed by atoms with van der Waals surface area (Å²) in [5.74, 6) is -3.22. The van der Waals surface area contributed by atoms with E-state index < -0.39 is 23.1 Å². The monoisotopic (exact) mass is 540 g/mol. The summed E-state index contributed by atoms with van der Waals surface area (Å²) in [7, 11) is 0. The van der Waals surface area contributed by atoms with Crippen LogP contribution in [0, 0.1) is 0 Å². The second kappa shape index (κ2) is 6.75. The smallest absolute Gasteiger partial charge is 0.545 e. The van der Waals surface area contributed by atoms with Crippen molar-refractivity contribution in [2.24, 2.45) is 0 Å². The zero-order valence-corrected chi connectivity index (χ0v) is 17.2. The Hall–Kier alpha value is 0.703. The zero-order valence-electron chi connectivity index (χ0n) is 7.85. The summed E-state index contributed by atoms with van der Waals surface area (Å²) in [6, 6.07) is 0. The Labute approximate surface area is 142 Å². The third-order valence-corrected chi connectivity index (χ3v) is 6.44. The maximum Gasteiger partial charge on any atom is 2.00 e. The van der Waals surface area contributed by atoms with Gasteiger partial charge in [0.25, 0.3) is 0 Å². The van der Waals surface area contributed by atoms with E-state index in [9.17, 15) is 19.8 Å². The summed E-state index contributed by atoms with van der Waals surface area (Å²) >= 11 is 12.2. The van der Waals surface area contributed by atoms with Crippen LogP contribution in [0.25, 0.3) is 0 Å². The van der Waals surface area contributed by atoms with Crippen LogP contribution >= 0.6 is 63.7 Å². The molecule has 0 aliphatic heterocycles. The molecule has 0 spiro atoms. The topological polar surface area (TPSA) is 80.3 Å². The van der Waals surface area contributed by atoms with Gasteiger partial charge in [0, 0.05) is 29.0 Å². The van der Waals surface area contributed by atoms with E-state index in [4.69, 9.17) is 0 Å². The number of rotatable bonds is 2. The van der Waals surface area contributed by atoms with Crippen LogP contribution < -0.4 is 10.2 Å². The van der Waals surface area contributed by atoms with E-state index in [2.05, 4.69) is 63.7 Å². The minimum Gasteiger partial charge on any atom is -0.545 e. The van der Waals surface area contributed by atoms with Gasteiger partial charge in [-0.3, -0.25) is 0 Å². The largest absolute Gasteiger partial charge is 2.00 e. The van der Waals surface area contributed by atoms with Crippen molar-refractivity contribution in [3.63, 3.8) is 0 Å². The van der Waals surface area contributed by atoms with Crippen LogP contribution in [0.2, 0.25) is 0 Å². The van der Waals surface area contributed by atoms with Crippen LogP contribution in [-0.2, 0) is 19.5 Å². The third-order valence-electron chi connectivity index (χ3n) is 1.68. The number of carbonyl (C=O) groups excluding carboxylic acids is 2. The van der Waals surface area contributed by atoms with Crippen molar-refractivity contribution in [3.8, 4) is 0 Å². The first-order valence-corrected chi connectivity index (χ1v) is 6.74. The Balaban J connectivity index is 0.00000256. The van der Waals surface area contributed by atoms with Crippen LogP contribution in [0.15, 0.2) is 17.9 Å². The summed E-state index contributed by atoms with van der Waals surface area (Å²) in [6.07, 6.45) is 0. The molecule has 0 aliphatic rings. The summed E-state index contributed by atoms with van der Waals surface area (Å²) in [5, 5.41) is 21.7. The average Bonchev–Trinajstić information content (AvgIpc) is 2.18. The van der Waals surface area contributed by atoms with E-state index in [1.807, 2.05) is 0 Å². The molecule has 0 fully saturated rings. The molecule has 9 heteroatoms. The number of carboxylic acid groups (broad SMARTS) is 2. The number of halogens is 4. The Morgan fingerprint density at radius 1 is 0.706 bits per heavy atom. The van der Waals surface area contributed by atoms with Gasteiger partial charge in [-0.1, -0.05) is 0 Å². The SMILES string of the molecule is O=C([O-])c1c(Br)c(Br)c(Br)c(Br)c1C(=O)[O-].[Zn+2]. The van der Waals surface area contributed by atoms with Crippen molar-refractivity contribution in [2.75, 3.05) is 0 Å². The van der Waals surface area contributed by atoms with Gasteiger partial charge in [-0.2, -0.15) is 0 Å². The quantitative estimate of drug-likeness (QED) is 0.321. The molecule has 4 nitrogen and oxygen atoms in total. The molecule has 0 bridgehead atoms. The number of carboxylic acids is 2. The van der Waals surface area contributed by atoms with Gasteiger partial charge in [0.15, 0.2) is 0 Å². The second-order valence-corrected chi connectivity index (χ2v) is 5.75. The van der Waals surface area contributed by atoms with Gasteiger partial charge in [-0.25, -0.2) is 0 Å². The zero-order chi connectivity index (χ0) is 12.6. The minimum atomic E-state index is -1.61. The van der Waals surface area contributed by atoms with E-state index in [0.29, 0.717) is 8.95 Å². The summed E-state index contributed by atoms with van der Waals surface area (Å²) < 4.78 is 0.871. The van der Waals surface area contributed by atoms with Gasteiger partial charge >= 0.3 is 19.5 Å². The summed E-state index contributed by atoms with van der Waals surface area (Å²) in [4.78, 5) is 21.7. The Morgan fingerprint density at radius 3 is 1.12 bits per heavy atom. The molecule has 0 atom stereocenters. The third kappa shape index (κ3) is 3.38. The van der Waals surface area contributed by atoms with Crippen molar-refractivity contribution in [2.45, 2.75) is 0 Å². The molecule has 0 aromatic heterocycles. The molecule has 0 radical (unpaired) electrons. The normalized spacial score (nSPS) is 9.65. The molecule has 17 heavy (non-hydrogen) atoms. The average molecular weight is 545 g/mol. The number of hydrogen-bond donors (Lipinski definition) is 0. The molecule has 0 heterocycles. The van der Waals surface area contributed by atoms with Crippen molar-refractivity contribution in [3.05, 3.63) is 29.0 Å². The van der Waals surface area contributed by atoms with Gasteiger partial charge in [0.05, 0.1) is 11.9 Å². The standard InChI is InChI=1S/C8H2Br4O4.Zn/c9-3-1(7(13)14)2(8(15)16)4(10)6(12)5(3)11;/h(H,13,14)(H,15,16);/q;+2/p-2. The Bertz CT molecular complexity index is 458. The van der Waals surface area contributed by atoms with Crippen LogP contribution in [0.5, 0.6) is 0 Å². The molecule has 0 saturated carbocycles. The molecule has 0 N–H and O–H groups in total. The van der Waals surface area contributed by atoms with Crippen LogP contribution in [0.1, 0.15) is 20.7 Å². The number of hydrogen-bond acceptors (Lipinski definition) is 4. The fourth-order valence-corrected chi connectivity index (χ4v) is 3.46. The van der Waals surface area contributed by atoms with Gasteiger partial charge in [-0.15, -0.1) is 0 Å². The van der Waals surface area contributed by atoms with E-state index in [1.165, 1.54) is 0 Å². The molecule has 1 rings (SSSR count). The molecule has 0 saturated heterocycles. The van der Waals surface area contributed by atoms with Crippen LogP contribution in [-0.4, -0.2) is 11.9 Å². The van der Waals surface area contributed by atoms with E-state index in [0.717, 1.165) is 0 Å². The maximum atomic E-state index is 10.9. The van der Waals surface area contributed by atoms with E-state index in [1.54, 1.807) is 0 Å². The van der Waals surface area contributed by atoms with Gasteiger partial charge in [0.1, 0.15) is 0 Å². The summed E-state index contributed by atoms with van der Waals surface area (Å²) in [6.45, 7) is 0. The van der Waals surface area contributed by atoms with E-state index in [-0.39, 0.29) is 28.4 Å². The van der Waals surface area contributed by atoms with Crippen molar-refractivity contribution in [1.29, 1.82) is 0 Å². The first kappa shape index (κ1) is 17.7. The number of benzene rings is 1. The molecule has 0 amide bonds. The van der Waals surface area contributed by atoms with Gasteiger partial charge in [0.2, 0.25) is 0 Å². The molecule has 1 aromatic rings. The predicted molar refractivity (Wildman–Crippen MR) is 65.9 cm³/mol. The molecular weight excluding hydrogens is 545 g/mol. The molecule has 86 valence electrons. The first-order chi connectivity index (χ1) is 7.29. The Kier molecular flexibility index (Phi) is 7.03. The Morgan fingerprint density at radius 2 is 0.941 bits per heavy atom. The molecule has 0 unspecified atom stereocenters. The fourth-order valence-electron chi connectivity index (χ4n) is 1.02. The van der Waals surface area contributed by atoms with Gasteiger partial charge < -0.3 is 19.8 Å². The molecule has 1 aromatic carbocycles. The summed E-state index contributed by atoms with van der Waals surface area (Å²) in [5.41, 5.74) is -0.969.